The van der Waals surface area contributed by atoms with Crippen LogP contribution in [0.3, 0.4) is 0 Å². The van der Waals surface area contributed by atoms with Gasteiger partial charge in [-0.25, -0.2) is 4.98 Å². The Morgan fingerprint density at radius 2 is 1.80 bits per heavy atom. The topological polar surface area (TPSA) is 103 Å². The molecule has 3 heterocycles. The summed E-state index contributed by atoms with van der Waals surface area (Å²) >= 11 is 2.43. The van der Waals surface area contributed by atoms with E-state index in [1.807, 2.05) is 35.7 Å². The summed E-state index contributed by atoms with van der Waals surface area (Å²) < 4.78 is 0. The number of carboxylic acid groups (broad SMARTS) is 1. The van der Waals surface area contributed by atoms with Crippen molar-refractivity contribution in [1.29, 1.82) is 0 Å². The Morgan fingerprint density at radius 1 is 1.06 bits per heavy atom. The third-order valence-electron chi connectivity index (χ3n) is 5.37. The summed E-state index contributed by atoms with van der Waals surface area (Å²) in [6.45, 7) is 3.44. The monoisotopic (exact) mass is 502 g/mol. The number of carbonyl (C=O) groups excluding carboxylic acids is 2. The third-order valence-corrected chi connectivity index (χ3v) is 7.18. The lowest BCUT2D eigenvalue weighted by atomic mass is 10.1. The molecule has 1 aromatic heterocycles. The number of aromatic nitrogens is 1. The highest BCUT2D eigenvalue weighted by molar-refractivity contribution is 8.18. The SMILES string of the molecule is C=CCN1C(=O)/C(=C2/C(=O)N(CC(=O)O)c3ccccc32)S/C1=N/c1nc(-c2ccccc2)cs1. The van der Waals surface area contributed by atoms with Gasteiger partial charge in [-0.2, -0.15) is 4.99 Å². The number of rotatable bonds is 6. The molecule has 0 unspecified atom stereocenters. The molecule has 8 nitrogen and oxygen atoms in total. The summed E-state index contributed by atoms with van der Waals surface area (Å²) in [5, 5.41) is 12.1. The zero-order valence-electron chi connectivity index (χ0n) is 18.2. The lowest BCUT2D eigenvalue weighted by Crippen LogP contribution is -2.33. The number of hydrogen-bond acceptors (Lipinski definition) is 7. The number of aliphatic carboxylic acids is 1. The van der Waals surface area contributed by atoms with Crippen LogP contribution in [0.15, 0.2) is 82.5 Å². The van der Waals surface area contributed by atoms with E-state index < -0.39 is 18.4 Å². The first-order valence-corrected chi connectivity index (χ1v) is 12.2. The first kappa shape index (κ1) is 22.8. The molecular weight excluding hydrogens is 484 g/mol. The van der Waals surface area contributed by atoms with Crippen LogP contribution in [0, 0.1) is 0 Å². The molecule has 1 saturated heterocycles. The normalized spacial score (nSPS) is 18.5. The summed E-state index contributed by atoms with van der Waals surface area (Å²) in [6, 6.07) is 16.6. The van der Waals surface area contributed by atoms with Crippen LogP contribution in [-0.2, 0) is 14.4 Å². The molecule has 2 aliphatic rings. The Morgan fingerprint density at radius 3 is 2.54 bits per heavy atom. The molecule has 174 valence electrons. The number of anilines is 1. The van der Waals surface area contributed by atoms with Crippen molar-refractivity contribution < 1.29 is 19.5 Å². The fraction of sp³-hybridized carbons (Fsp3) is 0.0800. The zero-order chi connectivity index (χ0) is 24.5. The highest BCUT2D eigenvalue weighted by Crippen LogP contribution is 2.45. The molecule has 0 bridgehead atoms. The van der Waals surface area contributed by atoms with Crippen molar-refractivity contribution in [3.63, 3.8) is 0 Å². The summed E-state index contributed by atoms with van der Waals surface area (Å²) in [6.07, 6.45) is 1.58. The van der Waals surface area contributed by atoms with Crippen LogP contribution in [-0.4, -0.2) is 51.0 Å². The largest absolute Gasteiger partial charge is 0.480 e. The summed E-state index contributed by atoms with van der Waals surface area (Å²) in [4.78, 5) is 50.1. The van der Waals surface area contributed by atoms with Crippen LogP contribution in [0.1, 0.15) is 5.56 Å². The van der Waals surface area contributed by atoms with E-state index in [0.29, 0.717) is 21.6 Å². The first-order chi connectivity index (χ1) is 17.0. The van der Waals surface area contributed by atoms with E-state index in [-0.39, 0.29) is 22.9 Å². The van der Waals surface area contributed by atoms with E-state index in [9.17, 15) is 19.5 Å². The second kappa shape index (κ2) is 9.32. The van der Waals surface area contributed by atoms with Crippen molar-refractivity contribution in [2.24, 2.45) is 4.99 Å². The quantitative estimate of drug-likeness (QED) is 0.396. The van der Waals surface area contributed by atoms with E-state index in [4.69, 9.17) is 0 Å². The van der Waals surface area contributed by atoms with Gasteiger partial charge < -0.3 is 5.11 Å². The van der Waals surface area contributed by atoms with Crippen LogP contribution < -0.4 is 4.90 Å². The first-order valence-electron chi connectivity index (χ1n) is 10.6. The molecule has 3 aromatic rings. The average Bonchev–Trinajstić information content (AvgIpc) is 3.52. The Kier molecular flexibility index (Phi) is 6.06. The second-order valence-corrected chi connectivity index (χ2v) is 9.40. The van der Waals surface area contributed by atoms with Crippen molar-refractivity contribution >= 4 is 62.4 Å². The molecule has 10 heteroatoms. The minimum Gasteiger partial charge on any atom is -0.480 e. The number of thioether (sulfide) groups is 1. The number of fused-ring (bicyclic) bond motifs is 1. The van der Waals surface area contributed by atoms with Crippen molar-refractivity contribution in [3.8, 4) is 11.3 Å². The standard InChI is InChI=1S/C25H18N4O4S2/c1-2-12-28-23(33)21(20-16-10-6-7-11-18(16)29(22(20)32)13-19(30)31)35-25(28)27-24-26-17(14-34-24)15-8-4-3-5-9-15/h2-11,14H,1,12-13H2,(H,30,31)/b21-20-,27-25+. The van der Waals surface area contributed by atoms with E-state index >= 15 is 0 Å². The van der Waals surface area contributed by atoms with Gasteiger partial charge in [0.05, 0.1) is 21.9 Å². The molecule has 35 heavy (non-hydrogen) atoms. The fourth-order valence-corrected chi connectivity index (χ4v) is 5.69. The van der Waals surface area contributed by atoms with Gasteiger partial charge in [0.2, 0.25) is 5.13 Å². The highest BCUT2D eigenvalue weighted by Gasteiger charge is 2.42. The Balaban J connectivity index is 1.56. The second-order valence-electron chi connectivity index (χ2n) is 7.59. The molecule has 1 N–H and O–H groups in total. The molecule has 0 saturated carbocycles. The van der Waals surface area contributed by atoms with Crippen LogP contribution in [0.4, 0.5) is 10.8 Å². The Labute approximate surface area is 208 Å². The lowest BCUT2D eigenvalue weighted by Gasteiger charge is -2.13. The van der Waals surface area contributed by atoms with Gasteiger partial charge in [0.1, 0.15) is 6.54 Å². The third kappa shape index (κ3) is 4.17. The van der Waals surface area contributed by atoms with E-state index in [1.165, 1.54) is 21.1 Å². The van der Waals surface area contributed by atoms with Crippen molar-refractivity contribution in [3.05, 3.63) is 83.1 Å². The number of amidine groups is 1. The highest BCUT2D eigenvalue weighted by atomic mass is 32.2. The number of aliphatic imine (C=N–C) groups is 1. The van der Waals surface area contributed by atoms with Gasteiger partial charge in [-0.15, -0.1) is 17.9 Å². The molecule has 0 spiro atoms. The van der Waals surface area contributed by atoms with Crippen LogP contribution in [0.5, 0.6) is 0 Å². The van der Waals surface area contributed by atoms with E-state index in [2.05, 4.69) is 16.6 Å². The van der Waals surface area contributed by atoms with E-state index in [1.54, 1.807) is 30.3 Å². The molecule has 1 fully saturated rings. The minimum absolute atomic E-state index is 0.181. The average molecular weight is 503 g/mol. The van der Waals surface area contributed by atoms with E-state index in [0.717, 1.165) is 23.0 Å². The molecular formula is C25H18N4O4S2. The zero-order valence-corrected chi connectivity index (χ0v) is 19.9. The van der Waals surface area contributed by atoms with Crippen molar-refractivity contribution in [2.45, 2.75) is 0 Å². The van der Waals surface area contributed by atoms with Crippen molar-refractivity contribution in [2.75, 3.05) is 18.0 Å². The number of amides is 2. The molecule has 2 amide bonds. The number of benzene rings is 2. The molecule has 2 aromatic carbocycles. The number of hydrogen-bond donors (Lipinski definition) is 1. The van der Waals surface area contributed by atoms with Crippen LogP contribution in [0.25, 0.3) is 16.8 Å². The molecule has 0 atom stereocenters. The van der Waals surface area contributed by atoms with Gasteiger partial charge in [0.15, 0.2) is 5.17 Å². The number of carboxylic acids is 1. The fourth-order valence-electron chi connectivity index (χ4n) is 3.86. The van der Waals surface area contributed by atoms with Crippen molar-refractivity contribution in [1.82, 2.24) is 9.88 Å². The van der Waals surface area contributed by atoms with Gasteiger partial charge in [0.25, 0.3) is 11.8 Å². The number of para-hydroxylation sites is 1. The van der Waals surface area contributed by atoms with Gasteiger partial charge in [-0.3, -0.25) is 24.2 Å². The van der Waals surface area contributed by atoms with Crippen LogP contribution in [0.2, 0.25) is 0 Å². The number of thiazole rings is 1. The Bertz CT molecular complexity index is 1430. The number of carbonyl (C=O) groups is 3. The van der Waals surface area contributed by atoms with Gasteiger partial charge in [-0.05, 0) is 17.8 Å². The Hall–Kier alpha value is -4.02. The molecule has 0 radical (unpaired) electrons. The van der Waals surface area contributed by atoms with Gasteiger partial charge >= 0.3 is 5.97 Å². The molecule has 2 aliphatic heterocycles. The predicted octanol–water partition coefficient (Wildman–Crippen LogP) is 4.40. The maximum Gasteiger partial charge on any atom is 0.323 e. The van der Waals surface area contributed by atoms with Crippen LogP contribution >= 0.6 is 23.1 Å². The maximum absolute atomic E-state index is 13.4. The molecule has 0 aliphatic carbocycles. The van der Waals surface area contributed by atoms with Gasteiger partial charge in [-0.1, -0.05) is 54.6 Å². The smallest absolute Gasteiger partial charge is 0.323 e. The minimum atomic E-state index is -1.14. The summed E-state index contributed by atoms with van der Waals surface area (Å²) in [7, 11) is 0. The van der Waals surface area contributed by atoms with Gasteiger partial charge in [0, 0.05) is 23.1 Å². The maximum atomic E-state index is 13.4. The predicted molar refractivity (Wildman–Crippen MR) is 137 cm³/mol. The summed E-state index contributed by atoms with van der Waals surface area (Å²) in [5.41, 5.74) is 2.91. The molecule has 5 rings (SSSR count). The lowest BCUT2D eigenvalue weighted by molar-refractivity contribution is -0.136. The number of nitrogens with zero attached hydrogens (tertiary/aromatic N) is 4. The summed E-state index contributed by atoms with van der Waals surface area (Å²) in [5.74, 6) is -2.05.